The van der Waals surface area contributed by atoms with Gasteiger partial charge in [-0.1, -0.05) is 48.0 Å². The van der Waals surface area contributed by atoms with Crippen molar-refractivity contribution in [1.82, 2.24) is 26.6 Å². The van der Waals surface area contributed by atoms with Gasteiger partial charge in [0.2, 0.25) is 29.5 Å². The van der Waals surface area contributed by atoms with E-state index >= 15 is 0 Å². The summed E-state index contributed by atoms with van der Waals surface area (Å²) in [4.78, 5) is 88.1. The zero-order chi connectivity index (χ0) is 35.2. The molecule has 45 heavy (non-hydrogen) atoms. The minimum Gasteiger partial charge on any atom is -0.481 e. The minimum absolute atomic E-state index is 0.0637. The van der Waals surface area contributed by atoms with Gasteiger partial charge in [-0.15, -0.1) is 0 Å². The Hall–Kier alpha value is -3.79. The molecule has 0 heterocycles. The summed E-state index contributed by atoms with van der Waals surface area (Å²) in [6.07, 6.45) is -1.65. The summed E-state index contributed by atoms with van der Waals surface area (Å²) in [6.45, 7) is 13.1. The Bertz CT molecular complexity index is 1050. The molecule has 16 heteroatoms. The van der Waals surface area contributed by atoms with Crippen molar-refractivity contribution in [3.63, 3.8) is 0 Å². The Morgan fingerprint density at radius 3 is 1.44 bits per heavy atom. The number of carboxylic acids is 2. The molecule has 0 fully saturated rings. The first-order chi connectivity index (χ1) is 20.7. The van der Waals surface area contributed by atoms with Crippen molar-refractivity contribution in [3.8, 4) is 0 Å². The molecule has 0 aliphatic rings. The number of aliphatic hydroxyl groups is 1. The Labute approximate surface area is 264 Å². The van der Waals surface area contributed by atoms with Crippen LogP contribution in [0.1, 0.15) is 81.1 Å². The highest BCUT2D eigenvalue weighted by molar-refractivity contribution is 5.97. The summed E-state index contributed by atoms with van der Waals surface area (Å²) >= 11 is 0. The Morgan fingerprint density at radius 1 is 0.600 bits per heavy atom. The van der Waals surface area contributed by atoms with Gasteiger partial charge in [-0.05, 0) is 44.4 Å². The average Bonchev–Trinajstić information content (AvgIpc) is 2.91. The molecule has 5 amide bonds. The first-order valence-electron chi connectivity index (χ1n) is 15.1. The molecule has 8 atom stereocenters. The fourth-order valence-electron chi connectivity index (χ4n) is 4.22. The normalized spacial score (nSPS) is 16.6. The highest BCUT2D eigenvalue weighted by Crippen LogP contribution is 2.13. The minimum atomic E-state index is -1.65. The molecule has 0 aromatic rings. The number of hydrogen-bond donors (Lipinski definition) is 9. The Kier molecular flexibility index (Phi) is 17.9. The smallest absolute Gasteiger partial charge is 0.326 e. The lowest BCUT2D eigenvalue weighted by Crippen LogP contribution is -2.61. The standard InChI is InChI=1S/C29H52N6O10/c1-9-15(6)22(27(42)32-19(12-21(37)38)25(40)33-20(29(44)45)11-14(4)5)34-26(41)18(10-13(2)3)31-28(43)23(17(8)36)35-24(39)16(7)30/h13-20,22-23,36H,9-12,30H2,1-8H3,(H,31,43)(H,32,42)(H,33,40)(H,34,41)(H,35,39)(H,37,38)(H,44,45)/t15-,16-,17+,18-,19-,20-,22-,23-/m0/s1. The maximum Gasteiger partial charge on any atom is 0.326 e. The molecule has 0 bridgehead atoms. The maximum absolute atomic E-state index is 13.5. The zero-order valence-corrected chi connectivity index (χ0v) is 27.4. The van der Waals surface area contributed by atoms with Crippen molar-refractivity contribution >= 4 is 41.5 Å². The molecule has 0 saturated heterocycles. The predicted octanol–water partition coefficient (Wildman–Crippen LogP) is -1.16. The molecular formula is C29H52N6O10. The first-order valence-corrected chi connectivity index (χ1v) is 15.1. The summed E-state index contributed by atoms with van der Waals surface area (Å²) < 4.78 is 0. The van der Waals surface area contributed by atoms with Crippen LogP contribution in [0.4, 0.5) is 0 Å². The quantitative estimate of drug-likeness (QED) is 0.0762. The van der Waals surface area contributed by atoms with Crippen LogP contribution in [0.3, 0.4) is 0 Å². The summed E-state index contributed by atoms with van der Waals surface area (Å²) in [5.74, 6) is -7.77. The van der Waals surface area contributed by atoms with Crippen LogP contribution in [-0.2, 0) is 33.6 Å². The van der Waals surface area contributed by atoms with Gasteiger partial charge in [0, 0.05) is 0 Å². The third-order valence-electron chi connectivity index (χ3n) is 6.94. The molecular weight excluding hydrogens is 592 g/mol. The maximum atomic E-state index is 13.5. The van der Waals surface area contributed by atoms with Gasteiger partial charge < -0.3 is 47.6 Å². The molecule has 16 nitrogen and oxygen atoms in total. The molecule has 0 radical (unpaired) electrons. The van der Waals surface area contributed by atoms with E-state index in [9.17, 15) is 48.9 Å². The summed E-state index contributed by atoms with van der Waals surface area (Å²) in [7, 11) is 0. The summed E-state index contributed by atoms with van der Waals surface area (Å²) in [5, 5.41) is 41.0. The van der Waals surface area contributed by atoms with Crippen LogP contribution < -0.4 is 32.3 Å². The molecule has 0 saturated carbocycles. The van der Waals surface area contributed by atoms with E-state index in [2.05, 4.69) is 26.6 Å². The zero-order valence-electron chi connectivity index (χ0n) is 27.4. The first kappa shape index (κ1) is 41.2. The van der Waals surface area contributed by atoms with Gasteiger partial charge in [-0.3, -0.25) is 28.8 Å². The van der Waals surface area contributed by atoms with Gasteiger partial charge in [0.15, 0.2) is 0 Å². The van der Waals surface area contributed by atoms with Gasteiger partial charge in [-0.2, -0.15) is 0 Å². The number of aliphatic hydroxyl groups excluding tert-OH is 1. The number of amides is 5. The molecule has 0 rings (SSSR count). The van der Waals surface area contributed by atoms with Crippen LogP contribution in [-0.4, -0.2) is 99.1 Å². The molecule has 0 aromatic carbocycles. The van der Waals surface area contributed by atoms with Crippen LogP contribution in [0, 0.1) is 17.8 Å². The third kappa shape index (κ3) is 15.2. The lowest BCUT2D eigenvalue weighted by molar-refractivity contribution is -0.144. The van der Waals surface area contributed by atoms with Crippen molar-refractivity contribution in [2.24, 2.45) is 23.5 Å². The molecule has 0 aliphatic heterocycles. The van der Waals surface area contributed by atoms with E-state index < -0.39 is 96.2 Å². The highest BCUT2D eigenvalue weighted by Gasteiger charge is 2.36. The second-order valence-electron chi connectivity index (χ2n) is 12.3. The topological polar surface area (TPSA) is 266 Å². The van der Waals surface area contributed by atoms with E-state index in [4.69, 9.17) is 5.73 Å². The molecule has 0 aliphatic carbocycles. The second kappa shape index (κ2) is 19.6. The fourth-order valence-corrected chi connectivity index (χ4v) is 4.22. The van der Waals surface area contributed by atoms with Crippen molar-refractivity contribution in [2.45, 2.75) is 123 Å². The molecule has 0 spiro atoms. The van der Waals surface area contributed by atoms with Gasteiger partial charge in [0.05, 0.1) is 18.6 Å². The van der Waals surface area contributed by atoms with Crippen LogP contribution in [0.25, 0.3) is 0 Å². The molecule has 258 valence electrons. The molecule has 0 unspecified atom stereocenters. The number of carbonyl (C=O) groups is 7. The van der Waals surface area contributed by atoms with Crippen LogP contribution >= 0.6 is 0 Å². The van der Waals surface area contributed by atoms with Crippen LogP contribution in [0.2, 0.25) is 0 Å². The Morgan fingerprint density at radius 2 is 1.02 bits per heavy atom. The van der Waals surface area contributed by atoms with Crippen LogP contribution in [0.15, 0.2) is 0 Å². The second-order valence-corrected chi connectivity index (χ2v) is 12.3. The summed E-state index contributed by atoms with van der Waals surface area (Å²) in [6, 6.07) is -7.87. The summed E-state index contributed by atoms with van der Waals surface area (Å²) in [5.41, 5.74) is 5.55. The van der Waals surface area contributed by atoms with Gasteiger partial charge >= 0.3 is 11.9 Å². The lowest BCUT2D eigenvalue weighted by atomic mass is 9.96. The lowest BCUT2D eigenvalue weighted by Gasteiger charge is -2.30. The van der Waals surface area contributed by atoms with Gasteiger partial charge in [-0.25, -0.2) is 4.79 Å². The monoisotopic (exact) mass is 644 g/mol. The van der Waals surface area contributed by atoms with E-state index in [0.29, 0.717) is 6.42 Å². The fraction of sp³-hybridized carbons (Fsp3) is 0.759. The average molecular weight is 645 g/mol. The van der Waals surface area contributed by atoms with E-state index in [1.165, 1.54) is 13.8 Å². The predicted molar refractivity (Wildman–Crippen MR) is 163 cm³/mol. The van der Waals surface area contributed by atoms with E-state index in [0.717, 1.165) is 0 Å². The van der Waals surface area contributed by atoms with Gasteiger partial charge in [0.25, 0.3) is 0 Å². The van der Waals surface area contributed by atoms with Gasteiger partial charge in [0.1, 0.15) is 30.2 Å². The van der Waals surface area contributed by atoms with Crippen LogP contribution in [0.5, 0.6) is 0 Å². The third-order valence-corrected chi connectivity index (χ3v) is 6.94. The number of aliphatic carboxylic acids is 2. The van der Waals surface area contributed by atoms with Crippen molar-refractivity contribution in [2.75, 3.05) is 0 Å². The van der Waals surface area contributed by atoms with Crippen molar-refractivity contribution < 1.29 is 48.9 Å². The Balaban J connectivity index is 6.10. The number of rotatable bonds is 20. The largest absolute Gasteiger partial charge is 0.481 e. The van der Waals surface area contributed by atoms with E-state index in [-0.39, 0.29) is 24.7 Å². The van der Waals surface area contributed by atoms with E-state index in [1.54, 1.807) is 41.5 Å². The molecule has 10 N–H and O–H groups in total. The van der Waals surface area contributed by atoms with Crippen molar-refractivity contribution in [3.05, 3.63) is 0 Å². The highest BCUT2D eigenvalue weighted by atomic mass is 16.4. The number of hydrogen-bond acceptors (Lipinski definition) is 9. The number of nitrogens with one attached hydrogen (secondary N) is 5. The van der Waals surface area contributed by atoms with Crippen molar-refractivity contribution in [1.29, 1.82) is 0 Å². The number of carboxylic acid groups (broad SMARTS) is 2. The molecule has 0 aromatic heterocycles. The number of nitrogens with two attached hydrogens (primary N) is 1. The number of carbonyl (C=O) groups excluding carboxylic acids is 5. The SMILES string of the molecule is CC[C@H](C)[C@H](NC(=O)[C@H](CC(C)C)NC(=O)[C@@H](NC(=O)[C@H](C)N)[C@@H](C)O)C(=O)N[C@@H](CC(=O)O)C(=O)N[C@@H](CC(C)C)C(=O)O. The van der Waals surface area contributed by atoms with E-state index in [1.807, 2.05) is 0 Å².